The molecule has 1 saturated carbocycles. The molecule has 4 heteroatoms. The number of nitrogen functional groups attached to an aromatic ring is 1. The number of aromatic nitrogens is 3. The van der Waals surface area contributed by atoms with Gasteiger partial charge in [-0.25, -0.2) is 4.68 Å². The summed E-state index contributed by atoms with van der Waals surface area (Å²) in [6.07, 6.45) is 2.43. The molecule has 0 radical (unpaired) electrons. The zero-order valence-corrected chi connectivity index (χ0v) is 10.8. The molecule has 18 heavy (non-hydrogen) atoms. The molecule has 0 amide bonds. The molecule has 3 rings (SSSR count). The fourth-order valence-corrected chi connectivity index (χ4v) is 2.48. The van der Waals surface area contributed by atoms with Crippen molar-refractivity contribution in [3.63, 3.8) is 0 Å². The Labute approximate surface area is 107 Å². The van der Waals surface area contributed by atoms with E-state index in [9.17, 15) is 0 Å². The van der Waals surface area contributed by atoms with Crippen LogP contribution in [0.2, 0.25) is 0 Å². The van der Waals surface area contributed by atoms with Crippen molar-refractivity contribution < 1.29 is 0 Å². The summed E-state index contributed by atoms with van der Waals surface area (Å²) in [6.45, 7) is 5.05. The minimum absolute atomic E-state index is 0.573. The number of anilines is 1. The molecule has 1 heterocycles. The molecule has 4 nitrogen and oxygen atoms in total. The maximum atomic E-state index is 5.92. The lowest BCUT2D eigenvalue weighted by atomic mass is 10.0. The highest BCUT2D eigenvalue weighted by Crippen LogP contribution is 2.42. The first-order chi connectivity index (χ1) is 8.66. The first-order valence-electron chi connectivity index (χ1n) is 6.40. The number of nitrogens with two attached hydrogens (primary N) is 1. The number of nitrogens with zero attached hydrogens (tertiary/aromatic N) is 3. The van der Waals surface area contributed by atoms with E-state index in [0.717, 1.165) is 12.2 Å². The quantitative estimate of drug-likeness (QED) is 0.899. The number of hydrogen-bond donors (Lipinski definition) is 1. The average Bonchev–Trinajstić information content (AvgIpc) is 3.09. The van der Waals surface area contributed by atoms with Gasteiger partial charge in [0.25, 0.3) is 0 Å². The molecule has 1 aromatic heterocycles. The zero-order valence-electron chi connectivity index (χ0n) is 10.8. The van der Waals surface area contributed by atoms with Gasteiger partial charge in [-0.1, -0.05) is 23.4 Å². The van der Waals surface area contributed by atoms with Crippen LogP contribution in [0.3, 0.4) is 0 Å². The SMILES string of the molecule is Cc1cccc(C)c1Cn1nnc(N)c1C1CC1. The fraction of sp³-hybridized carbons (Fsp3) is 0.429. The molecule has 0 bridgehead atoms. The topological polar surface area (TPSA) is 56.7 Å². The van der Waals surface area contributed by atoms with Crippen LogP contribution >= 0.6 is 0 Å². The van der Waals surface area contributed by atoms with E-state index >= 15 is 0 Å². The van der Waals surface area contributed by atoms with Crippen molar-refractivity contribution in [1.82, 2.24) is 15.0 Å². The van der Waals surface area contributed by atoms with Gasteiger partial charge in [-0.3, -0.25) is 0 Å². The molecule has 2 N–H and O–H groups in total. The minimum Gasteiger partial charge on any atom is -0.381 e. The van der Waals surface area contributed by atoms with E-state index in [1.807, 2.05) is 4.68 Å². The van der Waals surface area contributed by atoms with E-state index in [1.54, 1.807) is 0 Å². The zero-order chi connectivity index (χ0) is 12.7. The number of aryl methyl sites for hydroxylation is 2. The standard InChI is InChI=1S/C14H18N4/c1-9-4-3-5-10(2)12(9)8-18-13(11-6-7-11)14(15)16-17-18/h3-5,11H,6-8,15H2,1-2H3. The van der Waals surface area contributed by atoms with Crippen LogP contribution in [-0.4, -0.2) is 15.0 Å². The third kappa shape index (κ3) is 1.88. The van der Waals surface area contributed by atoms with Gasteiger partial charge in [-0.2, -0.15) is 0 Å². The molecular formula is C14H18N4. The van der Waals surface area contributed by atoms with E-state index in [2.05, 4.69) is 42.4 Å². The van der Waals surface area contributed by atoms with Gasteiger partial charge in [-0.05, 0) is 43.4 Å². The molecule has 1 aliphatic rings. The van der Waals surface area contributed by atoms with E-state index in [-0.39, 0.29) is 0 Å². The molecule has 0 aliphatic heterocycles. The second kappa shape index (κ2) is 4.12. The third-order valence-electron chi connectivity index (χ3n) is 3.72. The summed E-state index contributed by atoms with van der Waals surface area (Å²) in [5, 5.41) is 8.22. The molecule has 0 unspecified atom stereocenters. The van der Waals surface area contributed by atoms with Crippen molar-refractivity contribution in [3.8, 4) is 0 Å². The molecule has 94 valence electrons. The van der Waals surface area contributed by atoms with Gasteiger partial charge in [0, 0.05) is 5.92 Å². The smallest absolute Gasteiger partial charge is 0.169 e. The summed E-state index contributed by atoms with van der Waals surface area (Å²) >= 11 is 0. The van der Waals surface area contributed by atoms with Gasteiger partial charge in [0.2, 0.25) is 0 Å². The maximum absolute atomic E-state index is 5.92. The van der Waals surface area contributed by atoms with Crippen molar-refractivity contribution in [2.24, 2.45) is 0 Å². The van der Waals surface area contributed by atoms with Gasteiger partial charge < -0.3 is 5.73 Å². The van der Waals surface area contributed by atoms with Gasteiger partial charge in [0.15, 0.2) is 5.82 Å². The van der Waals surface area contributed by atoms with Gasteiger partial charge >= 0.3 is 0 Å². The van der Waals surface area contributed by atoms with Crippen molar-refractivity contribution >= 4 is 5.82 Å². The molecule has 1 fully saturated rings. The number of hydrogen-bond acceptors (Lipinski definition) is 3. The van der Waals surface area contributed by atoms with Gasteiger partial charge in [0.05, 0.1) is 12.2 Å². The van der Waals surface area contributed by atoms with Crippen LogP contribution in [0.1, 0.15) is 41.1 Å². The van der Waals surface area contributed by atoms with E-state index < -0.39 is 0 Å². The summed E-state index contributed by atoms with van der Waals surface area (Å²) in [4.78, 5) is 0. The van der Waals surface area contributed by atoms with Crippen LogP contribution in [-0.2, 0) is 6.54 Å². The Kier molecular flexibility index (Phi) is 2.58. The Hall–Kier alpha value is -1.84. The number of rotatable bonds is 3. The molecule has 2 aromatic rings. The second-order valence-corrected chi connectivity index (χ2v) is 5.16. The predicted molar refractivity (Wildman–Crippen MR) is 71.4 cm³/mol. The molecule has 1 aromatic carbocycles. The first kappa shape index (κ1) is 11.3. The second-order valence-electron chi connectivity index (χ2n) is 5.16. The average molecular weight is 242 g/mol. The summed E-state index contributed by atoms with van der Waals surface area (Å²) in [5.74, 6) is 1.17. The van der Waals surface area contributed by atoms with Crippen LogP contribution < -0.4 is 5.73 Å². The van der Waals surface area contributed by atoms with Crippen LogP contribution in [0.25, 0.3) is 0 Å². The molecular weight excluding hydrogens is 224 g/mol. The monoisotopic (exact) mass is 242 g/mol. The molecule has 1 aliphatic carbocycles. The Morgan fingerprint density at radius 1 is 1.28 bits per heavy atom. The number of benzene rings is 1. The fourth-order valence-electron chi connectivity index (χ4n) is 2.48. The lowest BCUT2D eigenvalue weighted by Crippen LogP contribution is -2.09. The summed E-state index contributed by atoms with van der Waals surface area (Å²) in [7, 11) is 0. The normalized spacial score (nSPS) is 15.0. The Bertz CT molecular complexity index is 561. The highest BCUT2D eigenvalue weighted by Gasteiger charge is 2.30. The van der Waals surface area contributed by atoms with E-state index in [0.29, 0.717) is 11.7 Å². The maximum Gasteiger partial charge on any atom is 0.169 e. The van der Waals surface area contributed by atoms with Crippen molar-refractivity contribution in [1.29, 1.82) is 0 Å². The summed E-state index contributed by atoms with van der Waals surface area (Å²) in [6, 6.07) is 6.37. The highest BCUT2D eigenvalue weighted by atomic mass is 15.4. The lowest BCUT2D eigenvalue weighted by molar-refractivity contribution is 0.616. The molecule has 0 saturated heterocycles. The third-order valence-corrected chi connectivity index (χ3v) is 3.72. The van der Waals surface area contributed by atoms with Crippen molar-refractivity contribution in [3.05, 3.63) is 40.6 Å². The molecule has 0 atom stereocenters. The Morgan fingerprint density at radius 3 is 2.56 bits per heavy atom. The molecule has 0 spiro atoms. The highest BCUT2D eigenvalue weighted by molar-refractivity contribution is 5.40. The Balaban J connectivity index is 1.97. The Morgan fingerprint density at radius 2 is 1.94 bits per heavy atom. The van der Waals surface area contributed by atoms with E-state index in [4.69, 9.17) is 5.73 Å². The summed E-state index contributed by atoms with van der Waals surface area (Å²) in [5.41, 5.74) is 11.0. The van der Waals surface area contributed by atoms with Crippen LogP contribution in [0.5, 0.6) is 0 Å². The lowest BCUT2D eigenvalue weighted by Gasteiger charge is -2.11. The van der Waals surface area contributed by atoms with Crippen LogP contribution in [0.15, 0.2) is 18.2 Å². The first-order valence-corrected chi connectivity index (χ1v) is 6.40. The van der Waals surface area contributed by atoms with E-state index in [1.165, 1.54) is 29.5 Å². The summed E-state index contributed by atoms with van der Waals surface area (Å²) < 4.78 is 1.97. The minimum atomic E-state index is 0.573. The van der Waals surface area contributed by atoms with Crippen LogP contribution in [0, 0.1) is 13.8 Å². The predicted octanol–water partition coefficient (Wildman–Crippen LogP) is 2.40. The largest absolute Gasteiger partial charge is 0.381 e. The van der Waals surface area contributed by atoms with Crippen molar-refractivity contribution in [2.75, 3.05) is 5.73 Å². The van der Waals surface area contributed by atoms with Gasteiger partial charge in [0.1, 0.15) is 0 Å². The van der Waals surface area contributed by atoms with Gasteiger partial charge in [-0.15, -0.1) is 5.10 Å². The van der Waals surface area contributed by atoms with Crippen LogP contribution in [0.4, 0.5) is 5.82 Å². The van der Waals surface area contributed by atoms with Crippen molar-refractivity contribution in [2.45, 2.75) is 39.2 Å².